The Morgan fingerprint density at radius 3 is 2.08 bits per heavy atom. The first-order chi connectivity index (χ1) is 11.6. The molecule has 2 aromatic rings. The summed E-state index contributed by atoms with van der Waals surface area (Å²) in [6, 6.07) is 17.0. The molecule has 118 valence electrons. The van der Waals surface area contributed by atoms with Gasteiger partial charge in [0.25, 0.3) is 0 Å². The van der Waals surface area contributed by atoms with E-state index in [0.29, 0.717) is 0 Å². The van der Waals surface area contributed by atoms with Crippen molar-refractivity contribution in [2.45, 2.75) is 13.8 Å². The van der Waals surface area contributed by atoms with Crippen molar-refractivity contribution in [1.29, 1.82) is 0 Å². The molecule has 0 aliphatic heterocycles. The first-order valence-corrected chi connectivity index (χ1v) is 8.00. The van der Waals surface area contributed by atoms with Crippen LogP contribution in [0.2, 0.25) is 0 Å². The largest absolute Gasteiger partial charge is 0.382 e. The van der Waals surface area contributed by atoms with Gasteiger partial charge in [0.2, 0.25) is 5.71 Å². The molecule has 1 aliphatic carbocycles. The highest BCUT2D eigenvalue weighted by Crippen LogP contribution is 2.05. The average Bonchev–Trinajstić information content (AvgIpc) is 2.58. The maximum atomic E-state index is 11.1. The van der Waals surface area contributed by atoms with Crippen LogP contribution in [0, 0.1) is 6.92 Å². The third-order valence-electron chi connectivity index (χ3n) is 3.86. The summed E-state index contributed by atoms with van der Waals surface area (Å²) >= 11 is 0. The molecule has 3 rings (SSSR count). The van der Waals surface area contributed by atoms with E-state index in [1.165, 1.54) is 23.3 Å². The van der Waals surface area contributed by atoms with E-state index in [2.05, 4.69) is 66.5 Å². The zero-order chi connectivity index (χ0) is 16.9. The highest BCUT2D eigenvalue weighted by Gasteiger charge is 2.05. The zero-order valence-electron chi connectivity index (χ0n) is 13.9. The molecule has 24 heavy (non-hydrogen) atoms. The number of rotatable bonds is 1. The standard InChI is InChI=1S/C22H19NO/c1-16-3-5-18(6-4-16)15-19-7-9-20(10-8-19)21-11-13-22(14-12-21)23-17(2)24/h3-15H,1-2H3/p+1. The summed E-state index contributed by atoms with van der Waals surface area (Å²) in [6.45, 7) is 3.60. The van der Waals surface area contributed by atoms with E-state index in [1.807, 2.05) is 24.3 Å². The lowest BCUT2D eigenvalue weighted by Gasteiger charge is -2.00. The van der Waals surface area contributed by atoms with E-state index in [1.54, 1.807) is 0 Å². The van der Waals surface area contributed by atoms with Gasteiger partial charge in [0.05, 0.1) is 6.92 Å². The maximum absolute atomic E-state index is 11.1. The monoisotopic (exact) mass is 314 g/mol. The van der Waals surface area contributed by atoms with Gasteiger partial charge < -0.3 is 0 Å². The number of hydrogen-bond donors (Lipinski definition) is 1. The third-order valence-corrected chi connectivity index (χ3v) is 3.86. The number of hydrogen-bond acceptors (Lipinski definition) is 1. The van der Waals surface area contributed by atoms with Gasteiger partial charge in [0, 0.05) is 12.2 Å². The molecule has 0 radical (unpaired) electrons. The van der Waals surface area contributed by atoms with Crippen molar-refractivity contribution in [3.8, 4) is 0 Å². The molecule has 0 atom stereocenters. The van der Waals surface area contributed by atoms with Crippen LogP contribution in [0.15, 0.2) is 72.8 Å². The number of benzene rings is 2. The van der Waals surface area contributed by atoms with Crippen molar-refractivity contribution in [3.05, 3.63) is 94.4 Å². The lowest BCUT2D eigenvalue weighted by atomic mass is 10.0. The van der Waals surface area contributed by atoms with Crippen molar-refractivity contribution >= 4 is 23.3 Å². The molecule has 1 aliphatic rings. The molecule has 0 aromatic heterocycles. The van der Waals surface area contributed by atoms with Crippen LogP contribution in [0.4, 0.5) is 0 Å². The van der Waals surface area contributed by atoms with Gasteiger partial charge in [0.15, 0.2) is 0 Å². The Morgan fingerprint density at radius 1 is 0.875 bits per heavy atom. The van der Waals surface area contributed by atoms with E-state index >= 15 is 0 Å². The maximum Gasteiger partial charge on any atom is 0.382 e. The van der Waals surface area contributed by atoms with Crippen LogP contribution in [-0.2, 0) is 4.79 Å². The predicted molar refractivity (Wildman–Crippen MR) is 98.8 cm³/mol. The van der Waals surface area contributed by atoms with Crippen LogP contribution in [0.5, 0.6) is 0 Å². The van der Waals surface area contributed by atoms with E-state index in [0.717, 1.165) is 16.5 Å². The number of nitrogens with one attached hydrogen (secondary N) is 1. The van der Waals surface area contributed by atoms with Crippen molar-refractivity contribution in [3.63, 3.8) is 0 Å². The van der Waals surface area contributed by atoms with Crippen LogP contribution in [-0.4, -0.2) is 11.6 Å². The minimum atomic E-state index is -0.0567. The molecular formula is C22H20NO+. The summed E-state index contributed by atoms with van der Waals surface area (Å²) in [7, 11) is 0. The summed E-state index contributed by atoms with van der Waals surface area (Å²) < 4.78 is 0. The minimum Gasteiger partial charge on any atom is -0.220 e. The van der Waals surface area contributed by atoms with E-state index in [-0.39, 0.29) is 5.91 Å². The topological polar surface area (TPSA) is 31.0 Å². The van der Waals surface area contributed by atoms with Crippen molar-refractivity contribution in [2.24, 2.45) is 0 Å². The molecule has 2 aromatic carbocycles. The van der Waals surface area contributed by atoms with E-state index in [9.17, 15) is 4.79 Å². The number of aryl methyl sites for hydroxylation is 1. The van der Waals surface area contributed by atoms with Gasteiger partial charge >= 0.3 is 5.91 Å². The van der Waals surface area contributed by atoms with Gasteiger partial charge in [-0.25, -0.2) is 4.79 Å². The second-order valence-electron chi connectivity index (χ2n) is 5.94. The van der Waals surface area contributed by atoms with Crippen LogP contribution < -0.4 is 15.4 Å². The minimum absolute atomic E-state index is 0.0567. The fourth-order valence-corrected chi connectivity index (χ4v) is 2.58. The molecular weight excluding hydrogens is 294 g/mol. The second-order valence-corrected chi connectivity index (χ2v) is 5.94. The quantitative estimate of drug-likeness (QED) is 0.842. The molecule has 0 unspecified atom stereocenters. The smallest absolute Gasteiger partial charge is 0.220 e. The summed E-state index contributed by atoms with van der Waals surface area (Å²) in [5.41, 5.74) is 4.42. The van der Waals surface area contributed by atoms with Crippen LogP contribution in [0.3, 0.4) is 0 Å². The normalized spacial score (nSPS) is 13.1. The number of allylic oxidation sites excluding steroid dienone is 4. The van der Waals surface area contributed by atoms with Crippen molar-refractivity contribution in [2.75, 3.05) is 0 Å². The molecule has 1 N–H and O–H groups in total. The van der Waals surface area contributed by atoms with Crippen LogP contribution >= 0.6 is 0 Å². The Balaban J connectivity index is 1.89. The van der Waals surface area contributed by atoms with Gasteiger partial charge in [-0.15, -0.1) is 0 Å². The van der Waals surface area contributed by atoms with Gasteiger partial charge in [-0.1, -0.05) is 54.1 Å². The summed E-state index contributed by atoms with van der Waals surface area (Å²) in [4.78, 5) is 13.8. The molecule has 0 spiro atoms. The second kappa shape index (κ2) is 7.05. The van der Waals surface area contributed by atoms with Gasteiger partial charge in [0.1, 0.15) is 0 Å². The molecule has 0 saturated carbocycles. The Bertz CT molecular complexity index is 932. The Labute approximate surface area is 141 Å². The van der Waals surface area contributed by atoms with E-state index in [4.69, 9.17) is 0 Å². The molecule has 2 nitrogen and oxygen atoms in total. The fourth-order valence-electron chi connectivity index (χ4n) is 2.58. The van der Waals surface area contributed by atoms with Gasteiger partial charge in [-0.3, -0.25) is 0 Å². The van der Waals surface area contributed by atoms with Crippen molar-refractivity contribution < 1.29 is 9.79 Å². The Hall–Kier alpha value is -3.00. The molecule has 0 saturated heterocycles. The number of amides is 1. The van der Waals surface area contributed by atoms with Crippen LogP contribution in [0.1, 0.15) is 18.1 Å². The number of carbonyl (C=O) groups is 1. The highest BCUT2D eigenvalue weighted by atomic mass is 16.1. The van der Waals surface area contributed by atoms with E-state index < -0.39 is 0 Å². The molecule has 0 heterocycles. The first-order valence-electron chi connectivity index (χ1n) is 8.00. The highest BCUT2D eigenvalue weighted by molar-refractivity contribution is 6.06. The predicted octanol–water partition coefficient (Wildman–Crippen LogP) is 1.17. The molecule has 1 amide bonds. The summed E-state index contributed by atoms with van der Waals surface area (Å²) in [6.07, 6.45) is 10.0. The van der Waals surface area contributed by atoms with Crippen molar-refractivity contribution in [1.82, 2.24) is 0 Å². The third kappa shape index (κ3) is 4.05. The lowest BCUT2D eigenvalue weighted by Crippen LogP contribution is -2.75. The average molecular weight is 314 g/mol. The molecule has 2 heteroatoms. The summed E-state index contributed by atoms with van der Waals surface area (Å²) in [5.74, 6) is -0.0567. The zero-order valence-corrected chi connectivity index (χ0v) is 13.9. The lowest BCUT2D eigenvalue weighted by molar-refractivity contribution is -0.373. The van der Waals surface area contributed by atoms with Gasteiger partial charge in [-0.2, -0.15) is 4.99 Å². The van der Waals surface area contributed by atoms with Gasteiger partial charge in [-0.05, 0) is 46.7 Å². The number of carbonyl (C=O) groups excluding carboxylic acids is 1. The Kier molecular flexibility index (Phi) is 4.66. The fraction of sp³-hybridized carbons (Fsp3) is 0.0909. The SMILES string of the molecule is CC(=O)[NH+]=C1C=CC(=c2ccc(=Cc3ccc(C)cc3)cc2)C=C1. The van der Waals surface area contributed by atoms with Crippen LogP contribution in [0.25, 0.3) is 11.6 Å². The molecule has 0 fully saturated rings. The Morgan fingerprint density at radius 2 is 1.50 bits per heavy atom. The summed E-state index contributed by atoms with van der Waals surface area (Å²) in [5, 5.41) is 2.34. The molecule has 0 bridgehead atoms. The first kappa shape index (κ1) is 15.9.